The van der Waals surface area contributed by atoms with Crippen LogP contribution in [0.3, 0.4) is 0 Å². The maximum Gasteiger partial charge on any atom is 0.220 e. The maximum atomic E-state index is 5.57. The van der Waals surface area contributed by atoms with Crippen LogP contribution in [0, 0.1) is 0 Å². The molecule has 4 heteroatoms. The van der Waals surface area contributed by atoms with Crippen molar-refractivity contribution in [1.82, 2.24) is 10.2 Å². The zero-order valence-electron chi connectivity index (χ0n) is 10.7. The first-order valence-electron chi connectivity index (χ1n) is 6.41. The molecule has 0 aliphatic heterocycles. The predicted octanol–water partition coefficient (Wildman–Crippen LogP) is 2.11. The molecule has 0 bridgehead atoms. The molecule has 0 atom stereocenters. The van der Waals surface area contributed by atoms with E-state index in [1.165, 1.54) is 11.1 Å². The summed E-state index contributed by atoms with van der Waals surface area (Å²) in [5.41, 5.74) is 7.98. The van der Waals surface area contributed by atoms with Gasteiger partial charge in [-0.3, -0.25) is 0 Å². The van der Waals surface area contributed by atoms with Gasteiger partial charge >= 0.3 is 0 Å². The highest BCUT2D eigenvalue weighted by molar-refractivity contribution is 5.24. The van der Waals surface area contributed by atoms with Gasteiger partial charge in [0.2, 0.25) is 11.8 Å². The summed E-state index contributed by atoms with van der Waals surface area (Å²) < 4.78 is 5.57. The molecule has 0 saturated carbocycles. The zero-order valence-corrected chi connectivity index (χ0v) is 10.7. The topological polar surface area (TPSA) is 64.9 Å². The van der Waals surface area contributed by atoms with E-state index in [0.29, 0.717) is 24.7 Å². The van der Waals surface area contributed by atoms with Gasteiger partial charge in [0.25, 0.3) is 0 Å². The molecule has 4 nitrogen and oxygen atoms in total. The van der Waals surface area contributed by atoms with E-state index in [-0.39, 0.29) is 0 Å². The second kappa shape index (κ2) is 6.31. The predicted molar refractivity (Wildman–Crippen MR) is 70.3 cm³/mol. The first-order valence-corrected chi connectivity index (χ1v) is 6.41. The van der Waals surface area contributed by atoms with E-state index in [1.54, 1.807) is 0 Å². The van der Waals surface area contributed by atoms with Crippen LogP contribution in [0.4, 0.5) is 0 Å². The summed E-state index contributed by atoms with van der Waals surface area (Å²) in [6.07, 6.45) is 3.40. The van der Waals surface area contributed by atoms with Gasteiger partial charge in [0.15, 0.2) is 0 Å². The lowest BCUT2D eigenvalue weighted by atomic mass is 10.1. The van der Waals surface area contributed by atoms with Crippen LogP contribution in [-0.4, -0.2) is 16.7 Å². The number of nitrogens with two attached hydrogens (primary N) is 1. The molecule has 2 rings (SSSR count). The summed E-state index contributed by atoms with van der Waals surface area (Å²) in [6.45, 7) is 2.80. The van der Waals surface area contributed by atoms with Crippen LogP contribution in [0.1, 0.15) is 36.3 Å². The Bertz CT molecular complexity index is 476. The number of hydrogen-bond acceptors (Lipinski definition) is 4. The van der Waals surface area contributed by atoms with Crippen molar-refractivity contribution >= 4 is 0 Å². The molecule has 0 aliphatic carbocycles. The van der Waals surface area contributed by atoms with Gasteiger partial charge in [-0.1, -0.05) is 31.2 Å². The summed E-state index contributed by atoms with van der Waals surface area (Å²) in [5.74, 6) is 1.35. The monoisotopic (exact) mass is 245 g/mol. The average Bonchev–Trinajstić information content (AvgIpc) is 2.85. The van der Waals surface area contributed by atoms with Crippen LogP contribution in [0.25, 0.3) is 0 Å². The third-order valence-corrected chi connectivity index (χ3v) is 2.89. The number of nitrogens with zero attached hydrogens (tertiary/aromatic N) is 2. The fourth-order valence-electron chi connectivity index (χ4n) is 1.78. The van der Waals surface area contributed by atoms with Crippen LogP contribution < -0.4 is 5.73 Å². The lowest BCUT2D eigenvalue weighted by Gasteiger charge is -1.99. The van der Waals surface area contributed by atoms with E-state index < -0.39 is 0 Å². The normalized spacial score (nSPS) is 10.8. The van der Waals surface area contributed by atoms with Gasteiger partial charge in [0.05, 0.1) is 6.42 Å². The van der Waals surface area contributed by atoms with Crippen molar-refractivity contribution in [3.8, 4) is 0 Å². The Labute approximate surface area is 107 Å². The molecular weight excluding hydrogens is 226 g/mol. The van der Waals surface area contributed by atoms with Gasteiger partial charge < -0.3 is 10.2 Å². The van der Waals surface area contributed by atoms with E-state index in [0.717, 1.165) is 19.3 Å². The van der Waals surface area contributed by atoms with Crippen LogP contribution >= 0.6 is 0 Å². The molecule has 0 aliphatic rings. The van der Waals surface area contributed by atoms with Gasteiger partial charge in [-0.15, -0.1) is 10.2 Å². The Hall–Kier alpha value is -1.68. The molecule has 18 heavy (non-hydrogen) atoms. The molecule has 1 aromatic heterocycles. The molecule has 0 saturated heterocycles. The van der Waals surface area contributed by atoms with Crippen molar-refractivity contribution in [3.05, 3.63) is 47.2 Å². The lowest BCUT2D eigenvalue weighted by molar-refractivity contribution is 0.453. The summed E-state index contributed by atoms with van der Waals surface area (Å²) in [7, 11) is 0. The first-order chi connectivity index (χ1) is 8.81. The summed E-state index contributed by atoms with van der Waals surface area (Å²) >= 11 is 0. The van der Waals surface area contributed by atoms with E-state index >= 15 is 0 Å². The summed E-state index contributed by atoms with van der Waals surface area (Å²) in [5, 5.41) is 8.06. The van der Waals surface area contributed by atoms with Crippen molar-refractivity contribution in [1.29, 1.82) is 0 Å². The molecule has 0 radical (unpaired) electrons. The second-order valence-electron chi connectivity index (χ2n) is 4.33. The Kier molecular flexibility index (Phi) is 4.47. The molecule has 2 aromatic rings. The number of aromatic nitrogens is 2. The van der Waals surface area contributed by atoms with E-state index in [1.807, 2.05) is 0 Å². The minimum atomic E-state index is 0.649. The smallest absolute Gasteiger partial charge is 0.220 e. The van der Waals surface area contributed by atoms with E-state index in [4.69, 9.17) is 10.2 Å². The van der Waals surface area contributed by atoms with Crippen LogP contribution in [0.5, 0.6) is 0 Å². The molecule has 0 spiro atoms. The number of hydrogen-bond donors (Lipinski definition) is 1. The molecule has 1 heterocycles. The van der Waals surface area contributed by atoms with Crippen LogP contribution in [-0.2, 0) is 19.3 Å². The summed E-state index contributed by atoms with van der Waals surface area (Å²) in [4.78, 5) is 0. The highest BCUT2D eigenvalue weighted by Crippen LogP contribution is 2.11. The SMILES string of the molecule is CCc1ccc(Cc2nnc(CCCN)o2)cc1. The van der Waals surface area contributed by atoms with Crippen molar-refractivity contribution < 1.29 is 4.42 Å². The standard InChI is InChI=1S/C14H19N3O/c1-2-11-5-7-12(8-6-11)10-14-17-16-13(18-14)4-3-9-15/h5-8H,2-4,9-10,15H2,1H3. The minimum Gasteiger partial charge on any atom is -0.425 e. The summed E-state index contributed by atoms with van der Waals surface area (Å²) in [6, 6.07) is 8.51. The van der Waals surface area contributed by atoms with Crippen molar-refractivity contribution in [2.24, 2.45) is 5.73 Å². The molecule has 1 aromatic carbocycles. The van der Waals surface area contributed by atoms with Gasteiger partial charge in [0, 0.05) is 6.42 Å². The van der Waals surface area contributed by atoms with Gasteiger partial charge in [-0.05, 0) is 30.5 Å². The van der Waals surface area contributed by atoms with Crippen LogP contribution in [0.15, 0.2) is 28.7 Å². The second-order valence-corrected chi connectivity index (χ2v) is 4.33. The Morgan fingerprint density at radius 2 is 1.72 bits per heavy atom. The highest BCUT2D eigenvalue weighted by Gasteiger charge is 2.06. The van der Waals surface area contributed by atoms with Crippen molar-refractivity contribution in [3.63, 3.8) is 0 Å². The Balaban J connectivity index is 1.97. The molecule has 2 N–H and O–H groups in total. The molecule has 0 unspecified atom stereocenters. The van der Waals surface area contributed by atoms with Crippen molar-refractivity contribution in [2.45, 2.75) is 32.6 Å². The quantitative estimate of drug-likeness (QED) is 0.846. The maximum absolute atomic E-state index is 5.57. The van der Waals surface area contributed by atoms with E-state index in [2.05, 4.69) is 41.4 Å². The first kappa shape index (κ1) is 12.8. The van der Waals surface area contributed by atoms with Gasteiger partial charge in [0.1, 0.15) is 0 Å². The van der Waals surface area contributed by atoms with E-state index in [9.17, 15) is 0 Å². The molecule has 96 valence electrons. The third-order valence-electron chi connectivity index (χ3n) is 2.89. The fraction of sp³-hybridized carbons (Fsp3) is 0.429. The molecular formula is C14H19N3O. The fourth-order valence-corrected chi connectivity index (χ4v) is 1.78. The van der Waals surface area contributed by atoms with Crippen molar-refractivity contribution in [2.75, 3.05) is 6.54 Å². The Morgan fingerprint density at radius 3 is 2.39 bits per heavy atom. The molecule has 0 amide bonds. The lowest BCUT2D eigenvalue weighted by Crippen LogP contribution is -2.00. The van der Waals surface area contributed by atoms with Crippen LogP contribution in [0.2, 0.25) is 0 Å². The zero-order chi connectivity index (χ0) is 12.8. The third kappa shape index (κ3) is 3.40. The number of benzene rings is 1. The minimum absolute atomic E-state index is 0.649. The number of rotatable bonds is 6. The average molecular weight is 245 g/mol. The number of aryl methyl sites for hydroxylation is 2. The van der Waals surface area contributed by atoms with Gasteiger partial charge in [-0.25, -0.2) is 0 Å². The molecule has 0 fully saturated rings. The Morgan fingerprint density at radius 1 is 1.06 bits per heavy atom. The largest absolute Gasteiger partial charge is 0.425 e. The highest BCUT2D eigenvalue weighted by atomic mass is 16.4. The van der Waals surface area contributed by atoms with Gasteiger partial charge in [-0.2, -0.15) is 0 Å².